The van der Waals surface area contributed by atoms with E-state index in [4.69, 9.17) is 5.11 Å². The summed E-state index contributed by atoms with van der Waals surface area (Å²) in [4.78, 5) is 0.208. The van der Waals surface area contributed by atoms with Gasteiger partial charge in [0.15, 0.2) is 0 Å². The van der Waals surface area contributed by atoms with E-state index in [1.54, 1.807) is 31.3 Å². The van der Waals surface area contributed by atoms with Crippen LogP contribution in [-0.2, 0) is 10.0 Å². The van der Waals surface area contributed by atoms with Crippen molar-refractivity contribution in [3.05, 3.63) is 29.8 Å². The van der Waals surface area contributed by atoms with Gasteiger partial charge >= 0.3 is 0 Å². The van der Waals surface area contributed by atoms with Crippen LogP contribution < -0.4 is 0 Å². The summed E-state index contributed by atoms with van der Waals surface area (Å²) < 4.78 is 26.3. The first kappa shape index (κ1) is 14.1. The van der Waals surface area contributed by atoms with Crippen LogP contribution in [0.4, 0.5) is 0 Å². The summed E-state index contributed by atoms with van der Waals surface area (Å²) >= 11 is 0. The number of rotatable bonds is 4. The molecule has 1 fully saturated rings. The minimum Gasteiger partial charge on any atom is -0.384 e. The number of aliphatic hydroxyl groups excluding tert-OH is 1. The van der Waals surface area contributed by atoms with Crippen LogP contribution in [-0.4, -0.2) is 38.0 Å². The van der Waals surface area contributed by atoms with Crippen molar-refractivity contribution in [3.63, 3.8) is 0 Å². The highest BCUT2D eigenvalue weighted by molar-refractivity contribution is 7.89. The van der Waals surface area contributed by atoms with E-state index >= 15 is 0 Å². The molecule has 1 saturated carbocycles. The lowest BCUT2D eigenvalue weighted by molar-refractivity contribution is 0.350. The Labute approximate surface area is 114 Å². The molecule has 1 N–H and O–H groups in total. The molecule has 1 aromatic carbocycles. The highest BCUT2D eigenvalue weighted by Crippen LogP contribution is 2.31. The second-order valence-electron chi connectivity index (χ2n) is 4.68. The second kappa shape index (κ2) is 5.74. The SMILES string of the molecule is CN(CC1CC1)S(=O)(=O)c1ccccc1C#CCO. The van der Waals surface area contributed by atoms with Gasteiger partial charge in [0.25, 0.3) is 0 Å². The Kier molecular flexibility index (Phi) is 4.25. The van der Waals surface area contributed by atoms with Crippen LogP contribution in [0.2, 0.25) is 0 Å². The zero-order chi connectivity index (χ0) is 13.9. The van der Waals surface area contributed by atoms with E-state index < -0.39 is 10.0 Å². The fourth-order valence-corrected chi connectivity index (χ4v) is 3.25. The summed E-state index contributed by atoms with van der Waals surface area (Å²) in [6, 6.07) is 6.63. The molecular weight excluding hydrogens is 262 g/mol. The van der Waals surface area contributed by atoms with Crippen molar-refractivity contribution >= 4 is 10.0 Å². The lowest BCUT2D eigenvalue weighted by atomic mass is 10.2. The molecule has 0 aromatic heterocycles. The van der Waals surface area contributed by atoms with E-state index in [1.165, 1.54) is 4.31 Å². The first-order valence-electron chi connectivity index (χ1n) is 6.21. The van der Waals surface area contributed by atoms with E-state index in [0.717, 1.165) is 12.8 Å². The van der Waals surface area contributed by atoms with Crippen LogP contribution in [0.25, 0.3) is 0 Å². The molecule has 19 heavy (non-hydrogen) atoms. The van der Waals surface area contributed by atoms with Gasteiger partial charge in [0, 0.05) is 19.2 Å². The maximum Gasteiger partial charge on any atom is 0.244 e. The lowest BCUT2D eigenvalue weighted by Gasteiger charge is -2.17. The predicted molar refractivity (Wildman–Crippen MR) is 72.9 cm³/mol. The number of hydrogen-bond donors (Lipinski definition) is 1. The Morgan fingerprint density at radius 2 is 2.05 bits per heavy atom. The van der Waals surface area contributed by atoms with Crippen LogP contribution in [0.1, 0.15) is 18.4 Å². The van der Waals surface area contributed by atoms with Crippen molar-refractivity contribution in [2.75, 3.05) is 20.2 Å². The number of aliphatic hydroxyl groups is 1. The molecule has 4 nitrogen and oxygen atoms in total. The quantitative estimate of drug-likeness (QED) is 0.839. The van der Waals surface area contributed by atoms with Crippen LogP contribution in [0, 0.1) is 17.8 Å². The van der Waals surface area contributed by atoms with Gasteiger partial charge in [-0.25, -0.2) is 12.7 Å². The van der Waals surface area contributed by atoms with Gasteiger partial charge < -0.3 is 5.11 Å². The van der Waals surface area contributed by atoms with Crippen molar-refractivity contribution < 1.29 is 13.5 Å². The van der Waals surface area contributed by atoms with E-state index in [2.05, 4.69) is 11.8 Å². The van der Waals surface area contributed by atoms with Crippen molar-refractivity contribution in [1.29, 1.82) is 0 Å². The average molecular weight is 279 g/mol. The number of nitrogens with zero attached hydrogens (tertiary/aromatic N) is 1. The van der Waals surface area contributed by atoms with Crippen LogP contribution >= 0.6 is 0 Å². The lowest BCUT2D eigenvalue weighted by Crippen LogP contribution is -2.29. The van der Waals surface area contributed by atoms with E-state index in [1.807, 2.05) is 0 Å². The monoisotopic (exact) mass is 279 g/mol. The molecule has 0 heterocycles. The second-order valence-corrected chi connectivity index (χ2v) is 6.70. The Bertz CT molecular complexity index is 609. The summed E-state index contributed by atoms with van der Waals surface area (Å²) in [5.41, 5.74) is 0.430. The minimum absolute atomic E-state index is 0.208. The summed E-state index contributed by atoms with van der Waals surface area (Å²) in [6.07, 6.45) is 2.21. The van der Waals surface area contributed by atoms with E-state index in [-0.39, 0.29) is 11.5 Å². The van der Waals surface area contributed by atoms with Crippen LogP contribution in [0.5, 0.6) is 0 Å². The number of hydrogen-bond acceptors (Lipinski definition) is 3. The molecule has 102 valence electrons. The average Bonchev–Trinajstić information content (AvgIpc) is 3.20. The Morgan fingerprint density at radius 1 is 1.37 bits per heavy atom. The van der Waals surface area contributed by atoms with Crippen LogP contribution in [0.3, 0.4) is 0 Å². The standard InChI is InChI=1S/C14H17NO3S/c1-15(11-12-8-9-12)19(17,18)14-7-3-2-5-13(14)6-4-10-16/h2-3,5,7,12,16H,8-11H2,1H3. The first-order chi connectivity index (χ1) is 9.05. The molecule has 1 aliphatic carbocycles. The summed E-state index contributed by atoms with van der Waals surface area (Å²) in [7, 11) is -1.90. The summed E-state index contributed by atoms with van der Waals surface area (Å²) in [6.45, 7) is 0.274. The molecule has 0 saturated heterocycles. The topological polar surface area (TPSA) is 57.6 Å². The summed E-state index contributed by atoms with van der Waals surface area (Å²) in [5.74, 6) is 5.67. The molecular formula is C14H17NO3S. The van der Waals surface area contributed by atoms with Gasteiger partial charge in [-0.3, -0.25) is 0 Å². The molecule has 0 radical (unpaired) electrons. The molecule has 5 heteroatoms. The zero-order valence-corrected chi connectivity index (χ0v) is 11.7. The third kappa shape index (κ3) is 3.35. The molecule has 0 aliphatic heterocycles. The molecule has 1 aromatic rings. The molecule has 0 amide bonds. The Hall–Kier alpha value is -1.35. The Balaban J connectivity index is 2.33. The van der Waals surface area contributed by atoms with Gasteiger partial charge in [-0.1, -0.05) is 24.0 Å². The Morgan fingerprint density at radius 3 is 2.68 bits per heavy atom. The molecule has 0 unspecified atom stereocenters. The molecule has 1 aliphatic rings. The van der Waals surface area contributed by atoms with E-state index in [9.17, 15) is 8.42 Å². The normalized spacial score (nSPS) is 15.1. The first-order valence-corrected chi connectivity index (χ1v) is 7.65. The van der Waals surface area contributed by atoms with Crippen molar-refractivity contribution in [1.82, 2.24) is 4.31 Å². The van der Waals surface area contributed by atoms with Gasteiger partial charge in [-0.2, -0.15) is 0 Å². The highest BCUT2D eigenvalue weighted by atomic mass is 32.2. The van der Waals surface area contributed by atoms with E-state index in [0.29, 0.717) is 18.0 Å². The van der Waals surface area contributed by atoms with Crippen molar-refractivity contribution in [2.24, 2.45) is 5.92 Å². The largest absolute Gasteiger partial charge is 0.384 e. The smallest absolute Gasteiger partial charge is 0.244 e. The number of sulfonamides is 1. The van der Waals surface area contributed by atoms with Crippen molar-refractivity contribution in [3.8, 4) is 11.8 Å². The highest BCUT2D eigenvalue weighted by Gasteiger charge is 2.30. The fourth-order valence-electron chi connectivity index (χ4n) is 1.86. The van der Waals surface area contributed by atoms with Gasteiger partial charge in [-0.05, 0) is 30.9 Å². The molecule has 0 bridgehead atoms. The third-order valence-corrected chi connectivity index (χ3v) is 4.97. The van der Waals surface area contributed by atoms with Gasteiger partial charge in [0.2, 0.25) is 10.0 Å². The van der Waals surface area contributed by atoms with Crippen molar-refractivity contribution in [2.45, 2.75) is 17.7 Å². The summed E-state index contributed by atoms with van der Waals surface area (Å²) in [5, 5.41) is 8.72. The zero-order valence-electron chi connectivity index (χ0n) is 10.8. The molecule has 2 rings (SSSR count). The predicted octanol–water partition coefficient (Wildman–Crippen LogP) is 1.06. The van der Waals surface area contributed by atoms with Gasteiger partial charge in [-0.15, -0.1) is 0 Å². The third-order valence-electron chi connectivity index (χ3n) is 3.09. The number of benzene rings is 1. The maximum atomic E-state index is 12.5. The van der Waals surface area contributed by atoms with Gasteiger partial charge in [0.1, 0.15) is 6.61 Å². The maximum absolute atomic E-state index is 12.5. The minimum atomic E-state index is -3.51. The van der Waals surface area contributed by atoms with Crippen LogP contribution in [0.15, 0.2) is 29.2 Å². The molecule has 0 atom stereocenters. The van der Waals surface area contributed by atoms with Gasteiger partial charge in [0.05, 0.1) is 4.90 Å². The molecule has 0 spiro atoms. The fraction of sp³-hybridized carbons (Fsp3) is 0.429.